The van der Waals surface area contributed by atoms with E-state index >= 15 is 0 Å². The van der Waals surface area contributed by atoms with Crippen LogP contribution >= 0.6 is 0 Å². The number of ether oxygens (including phenoxy) is 1. The molecule has 0 aliphatic carbocycles. The molecule has 0 unspecified atom stereocenters. The van der Waals surface area contributed by atoms with Crippen molar-refractivity contribution >= 4 is 5.96 Å². The Hall–Kier alpha value is -1.21. The second kappa shape index (κ2) is 5.62. The van der Waals surface area contributed by atoms with Crippen molar-refractivity contribution in [2.75, 3.05) is 26.7 Å². The molecule has 0 aromatic carbocycles. The van der Waals surface area contributed by atoms with Crippen molar-refractivity contribution in [3.05, 3.63) is 0 Å². The Morgan fingerprint density at radius 3 is 2.93 bits per heavy atom. The Labute approximate surface area is 91.5 Å². The molecular formula is C11H19N3O. The van der Waals surface area contributed by atoms with E-state index in [9.17, 15) is 0 Å². The number of nitrogens with zero attached hydrogens (tertiary/aromatic N) is 1. The molecule has 0 saturated carbocycles. The minimum atomic E-state index is -0.0617. The summed E-state index contributed by atoms with van der Waals surface area (Å²) in [5.41, 5.74) is -0.0617. The first-order valence-electron chi connectivity index (χ1n) is 5.22. The summed E-state index contributed by atoms with van der Waals surface area (Å²) in [7, 11) is 1.73. The molecule has 0 spiro atoms. The lowest BCUT2D eigenvalue weighted by Gasteiger charge is -2.24. The molecule has 4 nitrogen and oxygen atoms in total. The summed E-state index contributed by atoms with van der Waals surface area (Å²) in [6.07, 6.45) is 7.38. The third-order valence-corrected chi connectivity index (χ3v) is 2.51. The van der Waals surface area contributed by atoms with Crippen molar-refractivity contribution in [2.24, 2.45) is 4.99 Å². The third-order valence-electron chi connectivity index (χ3n) is 2.51. The van der Waals surface area contributed by atoms with E-state index in [4.69, 9.17) is 11.2 Å². The van der Waals surface area contributed by atoms with Gasteiger partial charge in [0.1, 0.15) is 0 Å². The lowest BCUT2D eigenvalue weighted by atomic mass is 10.0. The van der Waals surface area contributed by atoms with Gasteiger partial charge in [0, 0.05) is 20.2 Å². The first kappa shape index (κ1) is 11.9. The van der Waals surface area contributed by atoms with Gasteiger partial charge in [-0.2, -0.15) is 0 Å². The molecule has 0 radical (unpaired) electrons. The molecule has 0 amide bonds. The Bertz CT molecular complexity index is 261. The molecule has 84 valence electrons. The van der Waals surface area contributed by atoms with Crippen LogP contribution in [0.1, 0.15) is 19.8 Å². The van der Waals surface area contributed by atoms with Gasteiger partial charge in [-0.1, -0.05) is 5.92 Å². The van der Waals surface area contributed by atoms with Crippen LogP contribution in [0, 0.1) is 12.3 Å². The molecule has 4 heteroatoms. The first-order chi connectivity index (χ1) is 7.20. The standard InChI is InChI=1S/C11H19N3O/c1-4-7-13-10(12-3)14-9-11(2)6-5-8-15-11/h1H,5-9H2,2-3H3,(H2,12,13,14)/t11-/m0/s1. The number of nitrogens with one attached hydrogen (secondary N) is 2. The molecule has 1 heterocycles. The number of aliphatic imine (C=N–C) groups is 1. The van der Waals surface area contributed by atoms with Crippen LogP contribution in [0.15, 0.2) is 4.99 Å². The Kier molecular flexibility index (Phi) is 4.44. The van der Waals surface area contributed by atoms with Crippen LogP contribution in [-0.4, -0.2) is 38.3 Å². The van der Waals surface area contributed by atoms with Crippen molar-refractivity contribution in [2.45, 2.75) is 25.4 Å². The van der Waals surface area contributed by atoms with Gasteiger partial charge in [0.15, 0.2) is 5.96 Å². The summed E-state index contributed by atoms with van der Waals surface area (Å²) in [6, 6.07) is 0. The van der Waals surface area contributed by atoms with E-state index in [0.717, 1.165) is 32.0 Å². The minimum absolute atomic E-state index is 0.0617. The molecule has 1 saturated heterocycles. The van der Waals surface area contributed by atoms with E-state index in [1.54, 1.807) is 7.05 Å². The van der Waals surface area contributed by atoms with Crippen LogP contribution in [0.25, 0.3) is 0 Å². The maximum atomic E-state index is 5.65. The zero-order valence-electron chi connectivity index (χ0n) is 9.47. The summed E-state index contributed by atoms with van der Waals surface area (Å²) in [4.78, 5) is 4.06. The zero-order valence-corrected chi connectivity index (χ0v) is 9.47. The van der Waals surface area contributed by atoms with Crippen LogP contribution in [-0.2, 0) is 4.74 Å². The molecule has 0 aromatic rings. The summed E-state index contributed by atoms with van der Waals surface area (Å²) in [5, 5.41) is 6.21. The third kappa shape index (κ3) is 3.80. The summed E-state index contributed by atoms with van der Waals surface area (Å²) < 4.78 is 5.65. The van der Waals surface area contributed by atoms with Crippen LogP contribution < -0.4 is 10.6 Å². The number of guanidine groups is 1. The van der Waals surface area contributed by atoms with E-state index in [0.29, 0.717) is 6.54 Å². The van der Waals surface area contributed by atoms with Crippen molar-refractivity contribution < 1.29 is 4.74 Å². The largest absolute Gasteiger partial charge is 0.373 e. The molecule has 2 N–H and O–H groups in total. The smallest absolute Gasteiger partial charge is 0.191 e. The van der Waals surface area contributed by atoms with Crippen LogP contribution in [0.4, 0.5) is 0 Å². The van der Waals surface area contributed by atoms with Gasteiger partial charge in [-0.05, 0) is 19.8 Å². The van der Waals surface area contributed by atoms with E-state index in [1.165, 1.54) is 0 Å². The van der Waals surface area contributed by atoms with E-state index in [2.05, 4.69) is 28.5 Å². The van der Waals surface area contributed by atoms with E-state index in [1.807, 2.05) is 0 Å². The Morgan fingerprint density at radius 2 is 2.40 bits per heavy atom. The Morgan fingerprint density at radius 1 is 1.60 bits per heavy atom. The maximum absolute atomic E-state index is 5.65. The van der Waals surface area contributed by atoms with E-state index in [-0.39, 0.29) is 5.60 Å². The van der Waals surface area contributed by atoms with Gasteiger partial charge < -0.3 is 15.4 Å². The molecule has 0 bridgehead atoms. The van der Waals surface area contributed by atoms with Crippen molar-refractivity contribution in [1.82, 2.24) is 10.6 Å². The lowest BCUT2D eigenvalue weighted by Crippen LogP contribution is -2.45. The average molecular weight is 209 g/mol. The summed E-state index contributed by atoms with van der Waals surface area (Å²) in [6.45, 7) is 4.21. The van der Waals surface area contributed by atoms with Gasteiger partial charge >= 0.3 is 0 Å². The molecule has 1 rings (SSSR count). The predicted molar refractivity (Wildman–Crippen MR) is 61.8 cm³/mol. The monoisotopic (exact) mass is 209 g/mol. The molecular weight excluding hydrogens is 190 g/mol. The highest BCUT2D eigenvalue weighted by Gasteiger charge is 2.29. The highest BCUT2D eigenvalue weighted by molar-refractivity contribution is 5.79. The molecule has 1 aliphatic heterocycles. The van der Waals surface area contributed by atoms with Gasteiger partial charge in [-0.15, -0.1) is 6.42 Å². The first-order valence-corrected chi connectivity index (χ1v) is 5.22. The van der Waals surface area contributed by atoms with Crippen LogP contribution in [0.2, 0.25) is 0 Å². The SMILES string of the molecule is C#CCNC(=NC)NC[C@]1(C)CCCO1. The second-order valence-corrected chi connectivity index (χ2v) is 3.89. The number of terminal acetylenes is 1. The van der Waals surface area contributed by atoms with Gasteiger partial charge in [0.2, 0.25) is 0 Å². The van der Waals surface area contributed by atoms with Gasteiger partial charge in [0.05, 0.1) is 12.1 Å². The second-order valence-electron chi connectivity index (χ2n) is 3.89. The zero-order chi connectivity index (χ0) is 11.1. The number of hydrogen-bond acceptors (Lipinski definition) is 2. The van der Waals surface area contributed by atoms with Crippen molar-refractivity contribution in [1.29, 1.82) is 0 Å². The topological polar surface area (TPSA) is 45.7 Å². The quantitative estimate of drug-likeness (QED) is 0.400. The van der Waals surface area contributed by atoms with Crippen LogP contribution in [0.3, 0.4) is 0 Å². The van der Waals surface area contributed by atoms with Gasteiger partial charge in [-0.3, -0.25) is 4.99 Å². The summed E-state index contributed by atoms with van der Waals surface area (Å²) >= 11 is 0. The molecule has 15 heavy (non-hydrogen) atoms. The highest BCUT2D eigenvalue weighted by atomic mass is 16.5. The fraction of sp³-hybridized carbons (Fsp3) is 0.727. The minimum Gasteiger partial charge on any atom is -0.373 e. The molecule has 1 fully saturated rings. The fourth-order valence-corrected chi connectivity index (χ4v) is 1.60. The van der Waals surface area contributed by atoms with Gasteiger partial charge in [0.25, 0.3) is 0 Å². The molecule has 1 atom stereocenters. The lowest BCUT2D eigenvalue weighted by molar-refractivity contribution is 0.0243. The average Bonchev–Trinajstić information content (AvgIpc) is 2.66. The van der Waals surface area contributed by atoms with E-state index < -0.39 is 0 Å². The van der Waals surface area contributed by atoms with Crippen molar-refractivity contribution in [3.8, 4) is 12.3 Å². The van der Waals surface area contributed by atoms with Crippen LogP contribution in [0.5, 0.6) is 0 Å². The van der Waals surface area contributed by atoms with Gasteiger partial charge in [-0.25, -0.2) is 0 Å². The summed E-state index contributed by atoms with van der Waals surface area (Å²) in [5.74, 6) is 3.23. The number of hydrogen-bond donors (Lipinski definition) is 2. The molecule has 0 aromatic heterocycles. The fourth-order valence-electron chi connectivity index (χ4n) is 1.60. The predicted octanol–water partition coefficient (Wildman–Crippen LogP) is 0.354. The maximum Gasteiger partial charge on any atom is 0.191 e. The molecule has 1 aliphatic rings. The highest BCUT2D eigenvalue weighted by Crippen LogP contribution is 2.23. The normalized spacial score (nSPS) is 26.1. The number of rotatable bonds is 3. The Balaban J connectivity index is 2.31. The van der Waals surface area contributed by atoms with Crippen molar-refractivity contribution in [3.63, 3.8) is 0 Å².